The average Bonchev–Trinajstić information content (AvgIpc) is 3.42. The van der Waals surface area contributed by atoms with Crippen LogP contribution in [0, 0.1) is 25.7 Å². The minimum absolute atomic E-state index is 0.112. The molecule has 0 aliphatic heterocycles. The zero-order valence-electron chi connectivity index (χ0n) is 21.2. The molecule has 5 rings (SSSR count). The molecule has 0 spiro atoms. The lowest BCUT2D eigenvalue weighted by Crippen LogP contribution is -2.08. The summed E-state index contributed by atoms with van der Waals surface area (Å²) >= 11 is 0. The fourth-order valence-electron chi connectivity index (χ4n) is 5.63. The van der Waals surface area contributed by atoms with Gasteiger partial charge in [-0.2, -0.15) is 0 Å². The maximum Gasteiger partial charge on any atom is 0.307 e. The van der Waals surface area contributed by atoms with Crippen LogP contribution in [0.3, 0.4) is 0 Å². The lowest BCUT2D eigenvalue weighted by atomic mass is 9.94. The van der Waals surface area contributed by atoms with Crippen LogP contribution in [0.15, 0.2) is 48.7 Å². The Kier molecular flexibility index (Phi) is 6.70. The number of carboxylic acids is 1. The Morgan fingerprint density at radius 3 is 2.57 bits per heavy atom. The van der Waals surface area contributed by atoms with Crippen molar-refractivity contribution < 1.29 is 27.8 Å². The molecule has 2 aliphatic rings. The van der Waals surface area contributed by atoms with Gasteiger partial charge in [0.25, 0.3) is 0 Å². The predicted octanol–water partition coefficient (Wildman–Crippen LogP) is 4.73. The molecule has 2 aromatic carbocycles. The van der Waals surface area contributed by atoms with Gasteiger partial charge in [-0.1, -0.05) is 18.2 Å². The minimum atomic E-state index is -2.99. The molecule has 194 valence electrons. The lowest BCUT2D eigenvalue weighted by Gasteiger charge is -2.15. The van der Waals surface area contributed by atoms with Gasteiger partial charge in [0.2, 0.25) is 5.88 Å². The molecule has 1 heterocycles. The molecule has 8 heteroatoms. The highest BCUT2D eigenvalue weighted by Crippen LogP contribution is 2.61. The van der Waals surface area contributed by atoms with Gasteiger partial charge in [-0.3, -0.25) is 4.79 Å². The summed E-state index contributed by atoms with van der Waals surface area (Å²) in [5, 5.41) is 9.30. The number of benzene rings is 2. The Bertz CT molecular complexity index is 1440. The van der Waals surface area contributed by atoms with Gasteiger partial charge in [0.1, 0.15) is 22.2 Å². The van der Waals surface area contributed by atoms with Crippen molar-refractivity contribution in [1.29, 1.82) is 0 Å². The van der Waals surface area contributed by atoms with E-state index in [0.29, 0.717) is 25.5 Å². The van der Waals surface area contributed by atoms with Crippen LogP contribution in [0.25, 0.3) is 11.1 Å². The quantitative estimate of drug-likeness (QED) is 0.385. The monoisotopic (exact) mass is 521 g/mol. The van der Waals surface area contributed by atoms with Gasteiger partial charge in [-0.25, -0.2) is 13.4 Å². The Morgan fingerprint density at radius 1 is 1.11 bits per heavy atom. The molecule has 1 fully saturated rings. The van der Waals surface area contributed by atoms with E-state index < -0.39 is 15.8 Å². The molecule has 1 N–H and O–H groups in total. The number of aliphatic carboxylic acids is 1. The summed E-state index contributed by atoms with van der Waals surface area (Å²) in [6.45, 7) is 4.83. The van der Waals surface area contributed by atoms with Crippen LogP contribution in [-0.2, 0) is 27.7 Å². The van der Waals surface area contributed by atoms with Crippen LogP contribution < -0.4 is 9.47 Å². The third kappa shape index (κ3) is 5.49. The van der Waals surface area contributed by atoms with E-state index >= 15 is 0 Å². The van der Waals surface area contributed by atoms with E-state index in [0.717, 1.165) is 51.1 Å². The molecule has 2 aliphatic carbocycles. The molecule has 3 aromatic rings. The smallest absolute Gasteiger partial charge is 0.307 e. The van der Waals surface area contributed by atoms with E-state index in [4.69, 9.17) is 9.47 Å². The Balaban J connectivity index is 1.23. The number of carboxylic acid groups (broad SMARTS) is 1. The second-order valence-corrected chi connectivity index (χ2v) is 12.5. The van der Waals surface area contributed by atoms with Crippen molar-refractivity contribution in [2.45, 2.75) is 39.2 Å². The molecule has 0 amide bonds. The number of sulfone groups is 1. The minimum Gasteiger partial charge on any atom is -0.494 e. The fraction of sp³-hybridized carbons (Fsp3) is 0.379. The average molecular weight is 522 g/mol. The van der Waals surface area contributed by atoms with Gasteiger partial charge in [0.05, 0.1) is 18.3 Å². The number of ether oxygens (including phenoxy) is 2. The van der Waals surface area contributed by atoms with Gasteiger partial charge < -0.3 is 14.6 Å². The van der Waals surface area contributed by atoms with Crippen LogP contribution in [0.4, 0.5) is 0 Å². The summed E-state index contributed by atoms with van der Waals surface area (Å²) in [4.78, 5) is 15.7. The summed E-state index contributed by atoms with van der Waals surface area (Å²) in [6.07, 6.45) is 4.26. The highest BCUT2D eigenvalue weighted by atomic mass is 32.2. The van der Waals surface area contributed by atoms with Crippen molar-refractivity contribution in [3.8, 4) is 22.8 Å². The maximum atomic E-state index is 11.3. The number of fused-ring (bicyclic) bond motifs is 3. The van der Waals surface area contributed by atoms with Gasteiger partial charge in [-0.05, 0) is 89.8 Å². The second-order valence-electron chi connectivity index (χ2n) is 10.2. The largest absolute Gasteiger partial charge is 0.494 e. The van der Waals surface area contributed by atoms with Crippen LogP contribution in [-0.4, -0.2) is 43.1 Å². The van der Waals surface area contributed by atoms with E-state index in [1.165, 1.54) is 6.26 Å². The molecule has 3 atom stereocenters. The first-order valence-electron chi connectivity index (χ1n) is 12.5. The van der Waals surface area contributed by atoms with E-state index in [1.54, 1.807) is 6.20 Å². The van der Waals surface area contributed by atoms with Crippen molar-refractivity contribution in [2.75, 3.05) is 18.6 Å². The molecule has 0 radical (unpaired) electrons. The number of pyridine rings is 1. The van der Waals surface area contributed by atoms with Crippen LogP contribution in [0.1, 0.15) is 40.2 Å². The first-order chi connectivity index (χ1) is 17.6. The molecule has 1 aromatic heterocycles. The lowest BCUT2D eigenvalue weighted by molar-refractivity contribution is -0.139. The Labute approximate surface area is 217 Å². The number of hydrogen-bond donors (Lipinski definition) is 1. The molecule has 7 nitrogen and oxygen atoms in total. The SMILES string of the molecule is Cc1cc(OCCCS(C)(=O)=O)cc(C)c1-c1cccc(COc2cc3c(cn2)[C@@H]2[C@H](C3)[C@H]2C(=O)O)c1. The number of hydrogen-bond acceptors (Lipinski definition) is 6. The zero-order valence-corrected chi connectivity index (χ0v) is 22.0. The standard InChI is InChI=1S/C29H31NO6S/c1-17-10-22(35-8-5-9-37(3,33)34)11-18(2)26(17)20-7-4-6-19(12-20)16-36-25-14-21-13-23-27(24(21)15-30-25)28(23)29(31)32/h4,6-7,10-12,14-15,23,27-28H,5,8-9,13,16H2,1-3H3,(H,31,32)/t23-,27-,28+/m0/s1. The highest BCUT2D eigenvalue weighted by molar-refractivity contribution is 7.90. The Hall–Kier alpha value is -3.39. The first-order valence-corrected chi connectivity index (χ1v) is 14.5. The van der Waals surface area contributed by atoms with Gasteiger partial charge in [-0.15, -0.1) is 0 Å². The summed E-state index contributed by atoms with van der Waals surface area (Å²) < 4.78 is 34.4. The van der Waals surface area contributed by atoms with Gasteiger partial charge >= 0.3 is 5.97 Å². The van der Waals surface area contributed by atoms with Crippen molar-refractivity contribution >= 4 is 15.8 Å². The van der Waals surface area contributed by atoms with E-state index in [9.17, 15) is 18.3 Å². The second kappa shape index (κ2) is 9.82. The van der Waals surface area contributed by atoms with Gasteiger partial charge in [0.15, 0.2) is 0 Å². The van der Waals surface area contributed by atoms with Crippen molar-refractivity contribution in [3.63, 3.8) is 0 Å². The summed E-state index contributed by atoms with van der Waals surface area (Å²) in [5.41, 5.74) is 7.60. The fourth-order valence-corrected chi connectivity index (χ4v) is 6.27. The van der Waals surface area contributed by atoms with E-state index in [1.807, 2.05) is 44.2 Å². The maximum absolute atomic E-state index is 11.3. The van der Waals surface area contributed by atoms with Crippen molar-refractivity contribution in [3.05, 3.63) is 76.5 Å². The van der Waals surface area contributed by atoms with Crippen molar-refractivity contribution in [1.82, 2.24) is 4.98 Å². The van der Waals surface area contributed by atoms with Crippen LogP contribution >= 0.6 is 0 Å². The number of nitrogens with zero attached hydrogens (tertiary/aromatic N) is 1. The highest BCUT2D eigenvalue weighted by Gasteiger charge is 2.59. The third-order valence-corrected chi connectivity index (χ3v) is 8.33. The number of aromatic nitrogens is 1. The number of aryl methyl sites for hydroxylation is 2. The van der Waals surface area contributed by atoms with Gasteiger partial charge in [0, 0.05) is 24.4 Å². The predicted molar refractivity (Wildman–Crippen MR) is 141 cm³/mol. The third-order valence-electron chi connectivity index (χ3n) is 7.30. The normalized spacial score (nSPS) is 19.7. The van der Waals surface area contributed by atoms with E-state index in [-0.39, 0.29) is 23.5 Å². The molecule has 1 saturated carbocycles. The molecule has 37 heavy (non-hydrogen) atoms. The summed E-state index contributed by atoms with van der Waals surface area (Å²) in [6, 6.07) is 14.1. The Morgan fingerprint density at radius 2 is 1.86 bits per heavy atom. The molecule has 0 unspecified atom stereocenters. The van der Waals surface area contributed by atoms with Crippen LogP contribution in [0.2, 0.25) is 0 Å². The molecule has 0 saturated heterocycles. The number of rotatable bonds is 10. The molecular weight excluding hydrogens is 490 g/mol. The van der Waals surface area contributed by atoms with Crippen LogP contribution in [0.5, 0.6) is 11.6 Å². The molecular formula is C29H31NO6S. The first kappa shape index (κ1) is 25.3. The zero-order chi connectivity index (χ0) is 26.3. The number of carbonyl (C=O) groups is 1. The molecule has 0 bridgehead atoms. The topological polar surface area (TPSA) is 103 Å². The van der Waals surface area contributed by atoms with Crippen molar-refractivity contribution in [2.24, 2.45) is 11.8 Å². The van der Waals surface area contributed by atoms with E-state index in [2.05, 4.69) is 17.1 Å². The summed E-state index contributed by atoms with van der Waals surface area (Å²) in [7, 11) is -2.99. The summed E-state index contributed by atoms with van der Waals surface area (Å²) in [5.74, 6) is 0.766.